The van der Waals surface area contributed by atoms with Crippen LogP contribution in [0.3, 0.4) is 0 Å². The zero-order valence-electron chi connectivity index (χ0n) is 14.9. The average Bonchev–Trinajstić information content (AvgIpc) is 3.20. The molecule has 0 spiro atoms. The largest absolute Gasteiger partial charge is 0.361 e. The van der Waals surface area contributed by atoms with Gasteiger partial charge in [0.05, 0.1) is 6.20 Å². The van der Waals surface area contributed by atoms with Crippen molar-refractivity contribution in [2.75, 3.05) is 7.05 Å². The number of hydrogen-bond donors (Lipinski definition) is 1. The molecule has 128 valence electrons. The number of aromatic nitrogens is 4. The first kappa shape index (κ1) is 15.8. The maximum Gasteiger partial charge on any atom is 0.157 e. The Morgan fingerprint density at radius 1 is 1.04 bits per heavy atom. The first-order valence-electron chi connectivity index (χ1n) is 8.67. The summed E-state index contributed by atoms with van der Waals surface area (Å²) < 4.78 is 1.97. The number of rotatable bonds is 5. The summed E-state index contributed by atoms with van der Waals surface area (Å²) in [7, 11) is 2.14. The molecule has 0 bridgehead atoms. The van der Waals surface area contributed by atoms with E-state index >= 15 is 0 Å². The highest BCUT2D eigenvalue weighted by molar-refractivity contribution is 5.79. The van der Waals surface area contributed by atoms with Crippen LogP contribution in [0, 0.1) is 0 Å². The van der Waals surface area contributed by atoms with Crippen LogP contribution in [0.5, 0.6) is 0 Å². The second kappa shape index (κ2) is 6.33. The molecule has 25 heavy (non-hydrogen) atoms. The standard InChI is InChI=1S/C20H23N5/c1-14(2)25-20-18(11-23-25)8-16(10-22-20)13-24(3)12-15-4-5-17-6-7-21-19(17)9-15/h4-11,14,21H,12-13H2,1-3H3. The summed E-state index contributed by atoms with van der Waals surface area (Å²) in [5, 5.41) is 6.80. The first-order chi connectivity index (χ1) is 12.1. The Morgan fingerprint density at radius 2 is 1.88 bits per heavy atom. The van der Waals surface area contributed by atoms with Gasteiger partial charge in [-0.15, -0.1) is 0 Å². The van der Waals surface area contributed by atoms with E-state index < -0.39 is 0 Å². The lowest BCUT2D eigenvalue weighted by Gasteiger charge is -2.17. The quantitative estimate of drug-likeness (QED) is 0.597. The van der Waals surface area contributed by atoms with Gasteiger partial charge in [-0.05, 0) is 55.6 Å². The summed E-state index contributed by atoms with van der Waals surface area (Å²) in [4.78, 5) is 10.2. The van der Waals surface area contributed by atoms with Gasteiger partial charge < -0.3 is 4.98 Å². The Kier molecular flexibility index (Phi) is 4.01. The van der Waals surface area contributed by atoms with Gasteiger partial charge in [-0.2, -0.15) is 5.10 Å². The predicted molar refractivity (Wildman–Crippen MR) is 101 cm³/mol. The molecule has 1 aromatic carbocycles. The van der Waals surface area contributed by atoms with E-state index in [9.17, 15) is 0 Å². The molecule has 0 radical (unpaired) electrons. The molecule has 1 N–H and O–H groups in total. The van der Waals surface area contributed by atoms with Crippen molar-refractivity contribution in [3.05, 3.63) is 60.0 Å². The minimum atomic E-state index is 0.321. The van der Waals surface area contributed by atoms with E-state index in [0.717, 1.165) is 24.1 Å². The summed E-state index contributed by atoms with van der Waals surface area (Å²) in [6, 6.07) is 11.2. The molecule has 0 aliphatic carbocycles. The summed E-state index contributed by atoms with van der Waals surface area (Å²) in [5.74, 6) is 0. The van der Waals surface area contributed by atoms with Crippen LogP contribution in [0.4, 0.5) is 0 Å². The Bertz CT molecular complexity index is 1010. The van der Waals surface area contributed by atoms with E-state index in [1.807, 2.05) is 23.3 Å². The molecule has 0 aliphatic heterocycles. The molecule has 0 atom stereocenters. The van der Waals surface area contributed by atoms with Gasteiger partial charge in [0.15, 0.2) is 5.65 Å². The highest BCUT2D eigenvalue weighted by Gasteiger charge is 2.09. The maximum atomic E-state index is 4.63. The molecule has 3 aromatic heterocycles. The lowest BCUT2D eigenvalue weighted by molar-refractivity contribution is 0.319. The summed E-state index contributed by atoms with van der Waals surface area (Å²) >= 11 is 0. The van der Waals surface area contributed by atoms with Crippen molar-refractivity contribution in [2.45, 2.75) is 33.0 Å². The van der Waals surface area contributed by atoms with E-state index in [4.69, 9.17) is 0 Å². The zero-order chi connectivity index (χ0) is 17.4. The monoisotopic (exact) mass is 333 g/mol. The Morgan fingerprint density at radius 3 is 2.72 bits per heavy atom. The van der Waals surface area contributed by atoms with E-state index in [1.54, 1.807) is 0 Å². The van der Waals surface area contributed by atoms with Crippen LogP contribution in [0.25, 0.3) is 21.9 Å². The van der Waals surface area contributed by atoms with Gasteiger partial charge in [-0.3, -0.25) is 4.90 Å². The molecule has 0 saturated heterocycles. The molecule has 3 heterocycles. The molecular weight excluding hydrogens is 310 g/mol. The van der Waals surface area contributed by atoms with Gasteiger partial charge in [0.1, 0.15) is 0 Å². The van der Waals surface area contributed by atoms with Crippen molar-refractivity contribution in [3.63, 3.8) is 0 Å². The van der Waals surface area contributed by atoms with Crippen molar-refractivity contribution in [1.29, 1.82) is 0 Å². The number of pyridine rings is 1. The van der Waals surface area contributed by atoms with Gasteiger partial charge in [0.25, 0.3) is 0 Å². The number of fused-ring (bicyclic) bond motifs is 2. The SMILES string of the molecule is CC(C)n1ncc2cc(CN(C)Cc3ccc4cc[nH]c4c3)cnc21. The molecule has 5 heteroatoms. The third-order valence-corrected chi connectivity index (χ3v) is 4.50. The third-order valence-electron chi connectivity index (χ3n) is 4.50. The fraction of sp³-hybridized carbons (Fsp3) is 0.300. The van der Waals surface area contributed by atoms with Crippen LogP contribution in [0.15, 0.2) is 48.9 Å². The van der Waals surface area contributed by atoms with Crippen LogP contribution >= 0.6 is 0 Å². The van der Waals surface area contributed by atoms with Gasteiger partial charge in [-0.25, -0.2) is 9.67 Å². The van der Waals surface area contributed by atoms with Crippen LogP contribution in [-0.2, 0) is 13.1 Å². The number of nitrogens with zero attached hydrogens (tertiary/aromatic N) is 4. The number of aromatic amines is 1. The Balaban J connectivity index is 1.49. The summed E-state index contributed by atoms with van der Waals surface area (Å²) in [6.07, 6.45) is 5.86. The van der Waals surface area contributed by atoms with E-state index in [0.29, 0.717) is 6.04 Å². The summed E-state index contributed by atoms with van der Waals surface area (Å²) in [6.45, 7) is 6.00. The molecule has 0 saturated carbocycles. The predicted octanol–water partition coefficient (Wildman–Crippen LogP) is 4.13. The highest BCUT2D eigenvalue weighted by Crippen LogP contribution is 2.19. The van der Waals surface area contributed by atoms with Gasteiger partial charge in [0, 0.05) is 42.4 Å². The van der Waals surface area contributed by atoms with E-state index in [1.165, 1.54) is 22.0 Å². The molecular formula is C20H23N5. The lowest BCUT2D eigenvalue weighted by atomic mass is 10.1. The average molecular weight is 333 g/mol. The van der Waals surface area contributed by atoms with Crippen molar-refractivity contribution >= 4 is 21.9 Å². The number of benzene rings is 1. The Hall–Kier alpha value is -2.66. The van der Waals surface area contributed by atoms with E-state index in [-0.39, 0.29) is 0 Å². The molecule has 4 aromatic rings. The van der Waals surface area contributed by atoms with E-state index in [2.05, 4.69) is 71.2 Å². The summed E-state index contributed by atoms with van der Waals surface area (Å²) in [5.41, 5.74) is 4.66. The number of nitrogens with one attached hydrogen (secondary N) is 1. The zero-order valence-corrected chi connectivity index (χ0v) is 14.9. The maximum absolute atomic E-state index is 4.63. The van der Waals surface area contributed by atoms with Gasteiger partial charge in [0.2, 0.25) is 0 Å². The van der Waals surface area contributed by atoms with Crippen molar-refractivity contribution < 1.29 is 0 Å². The normalized spacial score (nSPS) is 12.0. The van der Waals surface area contributed by atoms with Crippen LogP contribution < -0.4 is 0 Å². The second-order valence-corrected chi connectivity index (χ2v) is 7.01. The molecule has 0 unspecified atom stereocenters. The van der Waals surface area contributed by atoms with Crippen LogP contribution in [-0.4, -0.2) is 31.7 Å². The lowest BCUT2D eigenvalue weighted by Crippen LogP contribution is -2.17. The molecule has 0 amide bonds. The van der Waals surface area contributed by atoms with Crippen molar-refractivity contribution in [3.8, 4) is 0 Å². The highest BCUT2D eigenvalue weighted by atomic mass is 15.3. The van der Waals surface area contributed by atoms with Crippen molar-refractivity contribution in [1.82, 2.24) is 24.6 Å². The smallest absolute Gasteiger partial charge is 0.157 e. The molecule has 0 aliphatic rings. The first-order valence-corrected chi connectivity index (χ1v) is 8.67. The third kappa shape index (κ3) is 3.15. The van der Waals surface area contributed by atoms with Gasteiger partial charge in [-0.1, -0.05) is 12.1 Å². The van der Waals surface area contributed by atoms with Gasteiger partial charge >= 0.3 is 0 Å². The number of H-pyrrole nitrogens is 1. The Labute approximate surface area is 147 Å². The molecule has 4 rings (SSSR count). The fourth-order valence-corrected chi connectivity index (χ4v) is 3.32. The molecule has 5 nitrogen and oxygen atoms in total. The fourth-order valence-electron chi connectivity index (χ4n) is 3.32. The topological polar surface area (TPSA) is 49.7 Å². The minimum absolute atomic E-state index is 0.321. The second-order valence-electron chi connectivity index (χ2n) is 7.01. The molecule has 0 fully saturated rings. The van der Waals surface area contributed by atoms with Crippen LogP contribution in [0.2, 0.25) is 0 Å². The minimum Gasteiger partial charge on any atom is -0.361 e. The van der Waals surface area contributed by atoms with Crippen LogP contribution in [0.1, 0.15) is 31.0 Å². The van der Waals surface area contributed by atoms with Crippen molar-refractivity contribution in [2.24, 2.45) is 0 Å². The number of hydrogen-bond acceptors (Lipinski definition) is 3.